The predicted octanol–water partition coefficient (Wildman–Crippen LogP) is 2.47. The van der Waals surface area contributed by atoms with Crippen molar-refractivity contribution in [3.05, 3.63) is 34.1 Å². The average Bonchev–Trinajstić information content (AvgIpc) is 2.83. The summed E-state index contributed by atoms with van der Waals surface area (Å²) in [6.07, 6.45) is 1.67. The molecule has 106 valence electrons. The molecule has 1 aromatic rings. The molecule has 1 aliphatic rings. The third kappa shape index (κ3) is 3.99. The van der Waals surface area contributed by atoms with Crippen LogP contribution < -0.4 is 5.32 Å². The predicted molar refractivity (Wildman–Crippen MR) is 75.4 cm³/mol. The summed E-state index contributed by atoms with van der Waals surface area (Å²) < 4.78 is 19.9. The fourth-order valence-electron chi connectivity index (χ4n) is 2.45. The van der Waals surface area contributed by atoms with Crippen LogP contribution in [0, 0.1) is 11.2 Å². The highest BCUT2D eigenvalue weighted by Gasteiger charge is 2.33. The minimum absolute atomic E-state index is 0.00274. The zero-order valence-corrected chi connectivity index (χ0v) is 12.4. The molecule has 0 radical (unpaired) electrons. The number of aliphatic hydroxyl groups excluding tert-OH is 1. The van der Waals surface area contributed by atoms with Crippen molar-refractivity contribution in [3.8, 4) is 0 Å². The molecule has 3 nitrogen and oxygen atoms in total. The Kier molecular flexibility index (Phi) is 5.33. The summed E-state index contributed by atoms with van der Waals surface area (Å²) in [4.78, 5) is 0. The van der Waals surface area contributed by atoms with Crippen LogP contribution in [0.25, 0.3) is 0 Å². The Labute approximate surface area is 121 Å². The zero-order valence-electron chi connectivity index (χ0n) is 10.8. The van der Waals surface area contributed by atoms with Crippen LogP contribution in [0.1, 0.15) is 18.4 Å². The van der Waals surface area contributed by atoms with E-state index in [4.69, 9.17) is 9.84 Å². The van der Waals surface area contributed by atoms with E-state index in [9.17, 15) is 4.39 Å². The van der Waals surface area contributed by atoms with Gasteiger partial charge in [-0.15, -0.1) is 0 Å². The van der Waals surface area contributed by atoms with E-state index in [0.29, 0.717) is 18.7 Å². The van der Waals surface area contributed by atoms with Crippen molar-refractivity contribution in [3.63, 3.8) is 0 Å². The molecule has 19 heavy (non-hydrogen) atoms. The number of benzene rings is 1. The summed E-state index contributed by atoms with van der Waals surface area (Å²) in [5.41, 5.74) is 0.643. The van der Waals surface area contributed by atoms with E-state index in [0.717, 1.165) is 30.5 Å². The van der Waals surface area contributed by atoms with Crippen molar-refractivity contribution in [1.82, 2.24) is 5.32 Å². The highest BCUT2D eigenvalue weighted by molar-refractivity contribution is 9.10. The normalized spacial score (nSPS) is 22.9. The molecular formula is C14H19BrFNO2. The van der Waals surface area contributed by atoms with Crippen molar-refractivity contribution in [2.75, 3.05) is 26.4 Å². The molecule has 2 rings (SSSR count). The second-order valence-electron chi connectivity index (χ2n) is 5.12. The summed E-state index contributed by atoms with van der Waals surface area (Å²) in [7, 11) is 0. The number of ether oxygens (including phenoxy) is 1. The molecule has 1 atom stereocenters. The van der Waals surface area contributed by atoms with Gasteiger partial charge >= 0.3 is 0 Å². The van der Waals surface area contributed by atoms with Crippen LogP contribution in [0.5, 0.6) is 0 Å². The third-order valence-electron chi connectivity index (χ3n) is 3.65. The molecule has 1 aliphatic heterocycles. The van der Waals surface area contributed by atoms with Crippen LogP contribution in [0.4, 0.5) is 4.39 Å². The Balaban J connectivity index is 1.90. The highest BCUT2D eigenvalue weighted by Crippen LogP contribution is 2.31. The number of halogens is 2. The van der Waals surface area contributed by atoms with Crippen LogP contribution in [-0.4, -0.2) is 31.5 Å². The van der Waals surface area contributed by atoms with Gasteiger partial charge in [-0.25, -0.2) is 4.39 Å². The highest BCUT2D eigenvalue weighted by atomic mass is 79.9. The van der Waals surface area contributed by atoms with E-state index in [-0.39, 0.29) is 17.8 Å². The second-order valence-corrected chi connectivity index (χ2v) is 6.03. The van der Waals surface area contributed by atoms with Gasteiger partial charge in [-0.3, -0.25) is 0 Å². The maximum absolute atomic E-state index is 13.6. The third-order valence-corrected chi connectivity index (χ3v) is 4.14. The maximum Gasteiger partial charge on any atom is 0.127 e. The molecule has 1 fully saturated rings. The van der Waals surface area contributed by atoms with E-state index in [1.165, 1.54) is 6.07 Å². The molecule has 5 heteroatoms. The molecule has 0 spiro atoms. The molecular weight excluding hydrogens is 313 g/mol. The Bertz CT molecular complexity index is 422. The van der Waals surface area contributed by atoms with Crippen molar-refractivity contribution < 1.29 is 14.2 Å². The van der Waals surface area contributed by atoms with Crippen molar-refractivity contribution in [2.24, 2.45) is 5.41 Å². The number of hydrogen-bond acceptors (Lipinski definition) is 3. The molecule has 1 heterocycles. The van der Waals surface area contributed by atoms with Crippen molar-refractivity contribution in [1.29, 1.82) is 0 Å². The lowest BCUT2D eigenvalue weighted by atomic mass is 9.84. The van der Waals surface area contributed by atoms with Gasteiger partial charge < -0.3 is 15.2 Å². The lowest BCUT2D eigenvalue weighted by Crippen LogP contribution is -2.35. The van der Waals surface area contributed by atoms with Crippen LogP contribution in [0.15, 0.2) is 22.7 Å². The molecule has 0 bridgehead atoms. The number of rotatable bonds is 6. The Hall–Kier alpha value is -0.490. The fraction of sp³-hybridized carbons (Fsp3) is 0.571. The van der Waals surface area contributed by atoms with E-state index < -0.39 is 0 Å². The first-order chi connectivity index (χ1) is 9.15. The minimum atomic E-state index is -0.199. The quantitative estimate of drug-likeness (QED) is 0.841. The summed E-state index contributed by atoms with van der Waals surface area (Å²) >= 11 is 3.34. The van der Waals surface area contributed by atoms with Gasteiger partial charge in [-0.05, 0) is 31.0 Å². The molecule has 1 saturated heterocycles. The topological polar surface area (TPSA) is 41.5 Å². The summed E-state index contributed by atoms with van der Waals surface area (Å²) in [6, 6.07) is 4.94. The smallest absolute Gasteiger partial charge is 0.127 e. The molecule has 0 amide bonds. The molecule has 0 aromatic heterocycles. The van der Waals surface area contributed by atoms with Gasteiger partial charge in [0.05, 0.1) is 6.61 Å². The van der Waals surface area contributed by atoms with Gasteiger partial charge in [0.2, 0.25) is 0 Å². The maximum atomic E-state index is 13.6. The van der Waals surface area contributed by atoms with Crippen LogP contribution >= 0.6 is 15.9 Å². The Morgan fingerprint density at radius 2 is 2.32 bits per heavy atom. The molecule has 0 saturated carbocycles. The van der Waals surface area contributed by atoms with Crippen molar-refractivity contribution in [2.45, 2.75) is 19.4 Å². The molecule has 1 unspecified atom stereocenters. The van der Waals surface area contributed by atoms with E-state index in [1.54, 1.807) is 12.1 Å². The van der Waals surface area contributed by atoms with Gasteiger partial charge in [0.15, 0.2) is 0 Å². The number of aliphatic hydroxyl groups is 1. The van der Waals surface area contributed by atoms with Crippen molar-refractivity contribution >= 4 is 15.9 Å². The number of nitrogens with one attached hydrogen (secondary N) is 1. The Morgan fingerprint density at radius 1 is 1.47 bits per heavy atom. The average molecular weight is 332 g/mol. The summed E-state index contributed by atoms with van der Waals surface area (Å²) in [5, 5.41) is 12.4. The van der Waals surface area contributed by atoms with Crippen LogP contribution in [0.2, 0.25) is 0 Å². The van der Waals surface area contributed by atoms with Gasteiger partial charge in [0.1, 0.15) is 5.82 Å². The zero-order chi connectivity index (χ0) is 13.7. The lowest BCUT2D eigenvalue weighted by molar-refractivity contribution is 0.124. The molecule has 2 N–H and O–H groups in total. The largest absolute Gasteiger partial charge is 0.396 e. The van der Waals surface area contributed by atoms with Gasteiger partial charge in [-0.1, -0.05) is 15.9 Å². The first-order valence-corrected chi connectivity index (χ1v) is 7.28. The van der Waals surface area contributed by atoms with E-state index in [2.05, 4.69) is 21.2 Å². The van der Waals surface area contributed by atoms with Gasteiger partial charge in [-0.2, -0.15) is 0 Å². The van der Waals surface area contributed by atoms with E-state index >= 15 is 0 Å². The van der Waals surface area contributed by atoms with Crippen LogP contribution in [0.3, 0.4) is 0 Å². The first kappa shape index (κ1) is 14.9. The summed E-state index contributed by atoms with van der Waals surface area (Å²) in [6.45, 7) is 2.79. The summed E-state index contributed by atoms with van der Waals surface area (Å²) in [5.74, 6) is -0.199. The SMILES string of the molecule is OCCC1(CNCc2cc(Br)ccc2F)CCOC1. The first-order valence-electron chi connectivity index (χ1n) is 6.48. The number of hydrogen-bond donors (Lipinski definition) is 2. The minimum Gasteiger partial charge on any atom is -0.396 e. The Morgan fingerprint density at radius 3 is 3.00 bits per heavy atom. The molecule has 0 aliphatic carbocycles. The monoisotopic (exact) mass is 331 g/mol. The van der Waals surface area contributed by atoms with E-state index in [1.807, 2.05) is 0 Å². The van der Waals surface area contributed by atoms with Gasteiger partial charge in [0.25, 0.3) is 0 Å². The molecule has 1 aromatic carbocycles. The second kappa shape index (κ2) is 6.79. The van der Waals surface area contributed by atoms with Gasteiger partial charge in [0, 0.05) is 41.8 Å². The fourth-order valence-corrected chi connectivity index (χ4v) is 2.86. The lowest BCUT2D eigenvalue weighted by Gasteiger charge is -2.27. The standard InChI is InChI=1S/C14H19BrFNO2/c15-12-1-2-13(16)11(7-12)8-17-9-14(3-5-18)4-6-19-10-14/h1-2,7,17-18H,3-6,8-10H2. The van der Waals surface area contributed by atoms with Crippen LogP contribution in [-0.2, 0) is 11.3 Å².